The van der Waals surface area contributed by atoms with Crippen molar-refractivity contribution in [3.8, 4) is 0 Å². The highest BCUT2D eigenvalue weighted by molar-refractivity contribution is 7.99. The molecular formula is C41H49ClN2O3S. The first-order chi connectivity index (χ1) is 23.1. The Hall–Kier alpha value is -3.16. The van der Waals surface area contributed by atoms with E-state index in [4.69, 9.17) is 21.3 Å². The number of nitrogens with zero attached hydrogens (tertiary/aromatic N) is 2. The molecule has 254 valence electrons. The molecule has 48 heavy (non-hydrogen) atoms. The van der Waals surface area contributed by atoms with Crippen molar-refractivity contribution in [2.75, 3.05) is 32.0 Å². The average Bonchev–Trinajstić information content (AvgIpc) is 3.84. The van der Waals surface area contributed by atoms with Crippen LogP contribution in [0.3, 0.4) is 0 Å². The maximum Gasteiger partial charge on any atom is 0.306 e. The fourth-order valence-electron chi connectivity index (χ4n) is 6.22. The topological polar surface area (TPSA) is 62.7 Å². The van der Waals surface area contributed by atoms with Crippen molar-refractivity contribution in [1.29, 1.82) is 0 Å². The van der Waals surface area contributed by atoms with Gasteiger partial charge in [-0.1, -0.05) is 92.2 Å². The number of fused-ring (bicyclic) bond motifs is 1. The maximum atomic E-state index is 12.8. The Morgan fingerprint density at radius 2 is 1.81 bits per heavy atom. The van der Waals surface area contributed by atoms with Gasteiger partial charge in [0.25, 0.3) is 0 Å². The number of aliphatic hydroxyl groups is 1. The minimum absolute atomic E-state index is 0.0162. The van der Waals surface area contributed by atoms with Gasteiger partial charge in [0.15, 0.2) is 0 Å². The number of likely N-dealkylation sites (N-methyl/N-ethyl adjacent to an activating group) is 1. The predicted molar refractivity (Wildman–Crippen MR) is 202 cm³/mol. The Morgan fingerprint density at radius 1 is 1.04 bits per heavy atom. The number of carbonyl (C=O) groups excluding carboxylic acids is 1. The van der Waals surface area contributed by atoms with E-state index in [9.17, 15) is 9.90 Å². The first-order valence-electron chi connectivity index (χ1n) is 17.2. The lowest BCUT2D eigenvalue weighted by Crippen LogP contribution is -2.28. The van der Waals surface area contributed by atoms with Gasteiger partial charge in [0.05, 0.1) is 23.2 Å². The Morgan fingerprint density at radius 3 is 2.56 bits per heavy atom. The fraction of sp³-hybridized carbons (Fsp3) is 0.415. The van der Waals surface area contributed by atoms with E-state index < -0.39 is 5.60 Å². The van der Waals surface area contributed by atoms with Crippen molar-refractivity contribution < 1.29 is 14.6 Å². The maximum absolute atomic E-state index is 12.8. The van der Waals surface area contributed by atoms with Crippen molar-refractivity contribution in [2.24, 2.45) is 5.41 Å². The Bertz CT molecular complexity index is 1710. The van der Waals surface area contributed by atoms with E-state index in [1.54, 1.807) is 0 Å². The Balaban J connectivity index is 1.31. The highest BCUT2D eigenvalue weighted by Crippen LogP contribution is 2.53. The average molecular weight is 685 g/mol. The molecule has 5 nitrogen and oxygen atoms in total. The smallest absolute Gasteiger partial charge is 0.306 e. The first kappa shape index (κ1) is 36.1. The van der Waals surface area contributed by atoms with E-state index in [0.717, 1.165) is 78.8 Å². The second kappa shape index (κ2) is 16.5. The van der Waals surface area contributed by atoms with E-state index in [1.165, 1.54) is 11.1 Å². The number of ether oxygens (including phenoxy) is 1. The number of pyridine rings is 1. The van der Waals surface area contributed by atoms with Crippen LogP contribution in [0.4, 0.5) is 0 Å². The number of halogens is 1. The molecule has 1 N–H and O–H groups in total. The molecule has 1 atom stereocenters. The molecule has 1 heterocycles. The molecule has 0 saturated heterocycles. The molecule has 0 radical (unpaired) electrons. The van der Waals surface area contributed by atoms with Gasteiger partial charge in [-0.05, 0) is 105 Å². The van der Waals surface area contributed by atoms with E-state index in [-0.39, 0.29) is 16.6 Å². The highest BCUT2D eigenvalue weighted by atomic mass is 35.5. The predicted octanol–water partition coefficient (Wildman–Crippen LogP) is 9.75. The third-order valence-electron chi connectivity index (χ3n) is 9.39. The van der Waals surface area contributed by atoms with Crippen molar-refractivity contribution in [3.63, 3.8) is 0 Å². The fourth-order valence-corrected chi connectivity index (χ4v) is 7.96. The zero-order chi connectivity index (χ0) is 34.1. The van der Waals surface area contributed by atoms with Gasteiger partial charge in [0.1, 0.15) is 6.61 Å². The number of carbonyl (C=O) groups is 1. The summed E-state index contributed by atoms with van der Waals surface area (Å²) in [6.07, 6.45) is 8.54. The first-order valence-corrected chi connectivity index (χ1v) is 18.6. The summed E-state index contributed by atoms with van der Waals surface area (Å²) < 4.78 is 5.67. The van der Waals surface area contributed by atoms with Crippen LogP contribution in [0.25, 0.3) is 23.1 Å². The van der Waals surface area contributed by atoms with Crippen LogP contribution in [-0.2, 0) is 21.6 Å². The molecule has 1 fully saturated rings. The molecule has 1 saturated carbocycles. The lowest BCUT2D eigenvalue weighted by atomic mass is 9.90. The number of esters is 1. The lowest BCUT2D eigenvalue weighted by Gasteiger charge is -2.24. The molecule has 1 aliphatic carbocycles. The standard InChI is InChI=1S/C41H49ClN2O3S/c1-5-44(6-2)24-25-47-39(45)28-41(22-23-41)29-48-38(21-17-31-11-7-8-13-36(31)40(3,4)46)33-12-9-10-30(26-33)14-19-35-20-16-32-15-18-34(42)27-37(32)43-35/h7-16,18-20,26-27,38,46H,5-6,17,21-25,28-29H2,1-4H3/t38-/m1/s1. The van der Waals surface area contributed by atoms with Crippen LogP contribution in [0.15, 0.2) is 78.9 Å². The summed E-state index contributed by atoms with van der Waals surface area (Å²) in [5.74, 6) is 0.840. The number of rotatable bonds is 17. The SMILES string of the molecule is CCN(CC)CCOC(=O)CC1(CS[C@H](CCc2ccccc2C(C)(C)O)c2cccc(C=Cc3ccc4ccc(Cl)cc4n3)c2)CC1. The third-order valence-corrected chi connectivity index (χ3v) is 11.3. The van der Waals surface area contributed by atoms with Gasteiger partial charge >= 0.3 is 5.97 Å². The summed E-state index contributed by atoms with van der Waals surface area (Å²) in [5.41, 5.74) is 5.39. The number of aryl methyl sites for hydroxylation is 1. The number of benzene rings is 3. The molecule has 4 aromatic rings. The summed E-state index contributed by atoms with van der Waals surface area (Å²) in [5, 5.41) is 12.8. The van der Waals surface area contributed by atoms with Gasteiger partial charge in [-0.15, -0.1) is 0 Å². The zero-order valence-corrected chi connectivity index (χ0v) is 30.3. The van der Waals surface area contributed by atoms with Crippen LogP contribution in [0.2, 0.25) is 5.02 Å². The van der Waals surface area contributed by atoms with Crippen molar-refractivity contribution in [1.82, 2.24) is 9.88 Å². The van der Waals surface area contributed by atoms with Crippen LogP contribution in [-0.4, -0.2) is 53.0 Å². The van der Waals surface area contributed by atoms with Crippen LogP contribution in [0.5, 0.6) is 0 Å². The number of hydrogen-bond donors (Lipinski definition) is 1. The minimum Gasteiger partial charge on any atom is -0.464 e. The number of hydrogen-bond acceptors (Lipinski definition) is 6. The summed E-state index contributed by atoms with van der Waals surface area (Å²) in [4.78, 5) is 19.9. The van der Waals surface area contributed by atoms with E-state index >= 15 is 0 Å². The summed E-state index contributed by atoms with van der Waals surface area (Å²) in [6, 6.07) is 26.8. The molecule has 1 aromatic heterocycles. The van der Waals surface area contributed by atoms with Crippen LogP contribution in [0, 0.1) is 5.41 Å². The number of aromatic nitrogens is 1. The molecule has 0 spiro atoms. The van der Waals surface area contributed by atoms with E-state index in [2.05, 4.69) is 67.3 Å². The molecule has 0 unspecified atom stereocenters. The van der Waals surface area contributed by atoms with Gasteiger partial charge in [-0.3, -0.25) is 4.79 Å². The highest BCUT2D eigenvalue weighted by Gasteiger charge is 2.45. The molecular weight excluding hydrogens is 636 g/mol. The number of thioether (sulfide) groups is 1. The minimum atomic E-state index is -0.907. The summed E-state index contributed by atoms with van der Waals surface area (Å²) >= 11 is 8.17. The summed E-state index contributed by atoms with van der Waals surface area (Å²) in [6.45, 7) is 11.1. The molecule has 5 rings (SSSR count). The van der Waals surface area contributed by atoms with Crippen molar-refractivity contribution >= 4 is 52.4 Å². The van der Waals surface area contributed by atoms with E-state index in [1.807, 2.05) is 68.1 Å². The second-order valence-corrected chi connectivity index (χ2v) is 15.2. The van der Waals surface area contributed by atoms with Crippen molar-refractivity contribution in [2.45, 2.75) is 70.7 Å². The van der Waals surface area contributed by atoms with Gasteiger partial charge in [0.2, 0.25) is 0 Å². The molecule has 3 aromatic carbocycles. The Kier molecular flexibility index (Phi) is 12.4. The van der Waals surface area contributed by atoms with Gasteiger partial charge in [-0.2, -0.15) is 11.8 Å². The van der Waals surface area contributed by atoms with Gasteiger partial charge in [-0.25, -0.2) is 4.98 Å². The zero-order valence-electron chi connectivity index (χ0n) is 28.8. The largest absolute Gasteiger partial charge is 0.464 e. The van der Waals surface area contributed by atoms with Gasteiger partial charge in [0, 0.05) is 28.0 Å². The molecule has 0 aliphatic heterocycles. The molecule has 7 heteroatoms. The van der Waals surface area contributed by atoms with Crippen LogP contribution in [0.1, 0.15) is 86.6 Å². The quantitative estimate of drug-likeness (QED) is 0.112. The summed E-state index contributed by atoms with van der Waals surface area (Å²) in [7, 11) is 0. The lowest BCUT2D eigenvalue weighted by molar-refractivity contribution is -0.145. The van der Waals surface area contributed by atoms with Crippen LogP contribution >= 0.6 is 23.4 Å². The van der Waals surface area contributed by atoms with Crippen molar-refractivity contribution in [3.05, 3.63) is 112 Å². The Labute approximate surface area is 295 Å². The third kappa shape index (κ3) is 10.2. The van der Waals surface area contributed by atoms with Gasteiger partial charge < -0.3 is 14.7 Å². The van der Waals surface area contributed by atoms with E-state index in [0.29, 0.717) is 18.1 Å². The monoisotopic (exact) mass is 684 g/mol. The molecule has 0 bridgehead atoms. The van der Waals surface area contributed by atoms with Crippen LogP contribution < -0.4 is 0 Å². The molecule has 0 amide bonds. The second-order valence-electron chi connectivity index (χ2n) is 13.6. The molecule has 1 aliphatic rings. The normalized spacial score (nSPS) is 14.9.